The number of hydrogen-bond donors (Lipinski definition) is 3. The maximum absolute atomic E-state index is 12.2. The van der Waals surface area contributed by atoms with Crippen LogP contribution in [0.2, 0.25) is 0 Å². The molecule has 1 saturated heterocycles. The quantitative estimate of drug-likeness (QED) is 0.729. The van der Waals surface area contributed by atoms with Gasteiger partial charge in [0, 0.05) is 25.3 Å². The second-order valence-corrected chi connectivity index (χ2v) is 6.84. The highest BCUT2D eigenvalue weighted by atomic mass is 16.4. The number of carbonyl (C=O) groups excluding carboxylic acids is 1. The summed E-state index contributed by atoms with van der Waals surface area (Å²) in [5, 5.41) is 14.7. The number of anilines is 1. The van der Waals surface area contributed by atoms with Gasteiger partial charge in [-0.15, -0.1) is 0 Å². The molecule has 1 heterocycles. The number of carboxylic acid groups (broad SMARTS) is 1. The molecule has 0 radical (unpaired) electrons. The van der Waals surface area contributed by atoms with Gasteiger partial charge in [0.15, 0.2) is 0 Å². The van der Waals surface area contributed by atoms with E-state index in [1.54, 1.807) is 12.1 Å². The lowest BCUT2D eigenvalue weighted by Crippen LogP contribution is -2.36. The smallest absolute Gasteiger partial charge is 0.335 e. The van der Waals surface area contributed by atoms with Gasteiger partial charge in [-0.3, -0.25) is 0 Å². The summed E-state index contributed by atoms with van der Waals surface area (Å²) in [5.41, 5.74) is 3.35. The zero-order valence-corrected chi connectivity index (χ0v) is 15.4. The highest BCUT2D eigenvalue weighted by Crippen LogP contribution is 2.23. The summed E-state index contributed by atoms with van der Waals surface area (Å²) in [4.78, 5) is 25.4. The van der Waals surface area contributed by atoms with Crippen LogP contribution in [0.5, 0.6) is 0 Å². The standard InChI is InChI=1S/C21H25N3O3/c1-15(18-5-4-6-19(13-18)24-11-2-3-12-24)23-21(27)22-14-16-7-9-17(10-8-16)20(25)26/h4-10,13,15H,2-3,11-12,14H2,1H3,(H,25,26)(H2,22,23,27). The Hall–Kier alpha value is -3.02. The lowest BCUT2D eigenvalue weighted by atomic mass is 10.1. The monoisotopic (exact) mass is 367 g/mol. The van der Waals surface area contributed by atoms with Crippen LogP contribution in [0.1, 0.15) is 47.3 Å². The highest BCUT2D eigenvalue weighted by Gasteiger charge is 2.15. The minimum Gasteiger partial charge on any atom is -0.478 e. The van der Waals surface area contributed by atoms with Crippen molar-refractivity contribution in [3.8, 4) is 0 Å². The second kappa shape index (κ2) is 8.58. The molecular weight excluding hydrogens is 342 g/mol. The Morgan fingerprint density at radius 1 is 1.11 bits per heavy atom. The first-order chi connectivity index (χ1) is 13.0. The minimum atomic E-state index is -0.961. The fourth-order valence-corrected chi connectivity index (χ4v) is 3.24. The molecule has 1 aliphatic heterocycles. The van der Waals surface area contributed by atoms with Crippen molar-refractivity contribution >= 4 is 17.7 Å². The molecular formula is C21H25N3O3. The van der Waals surface area contributed by atoms with Crippen LogP contribution >= 0.6 is 0 Å². The maximum atomic E-state index is 12.2. The van der Waals surface area contributed by atoms with Crippen LogP contribution < -0.4 is 15.5 Å². The predicted molar refractivity (Wildman–Crippen MR) is 105 cm³/mol. The third-order valence-corrected chi connectivity index (χ3v) is 4.84. The third kappa shape index (κ3) is 5.00. The van der Waals surface area contributed by atoms with E-state index in [2.05, 4.69) is 27.7 Å². The summed E-state index contributed by atoms with van der Waals surface area (Å²) >= 11 is 0. The van der Waals surface area contributed by atoms with Crippen LogP contribution in [0.3, 0.4) is 0 Å². The van der Waals surface area contributed by atoms with Crippen LogP contribution in [-0.2, 0) is 6.54 Å². The molecule has 1 fully saturated rings. The number of hydrogen-bond acceptors (Lipinski definition) is 3. The average molecular weight is 367 g/mol. The number of benzene rings is 2. The molecule has 1 unspecified atom stereocenters. The van der Waals surface area contributed by atoms with Crippen molar-refractivity contribution in [1.82, 2.24) is 10.6 Å². The first-order valence-electron chi connectivity index (χ1n) is 9.24. The van der Waals surface area contributed by atoms with Gasteiger partial charge in [0.1, 0.15) is 0 Å². The van der Waals surface area contributed by atoms with Gasteiger partial charge in [-0.05, 0) is 55.2 Å². The first kappa shape index (κ1) is 18.8. The molecule has 0 aromatic heterocycles. The van der Waals surface area contributed by atoms with Crippen molar-refractivity contribution in [2.24, 2.45) is 0 Å². The number of amides is 2. The molecule has 1 atom stereocenters. The van der Waals surface area contributed by atoms with E-state index < -0.39 is 5.97 Å². The van der Waals surface area contributed by atoms with Gasteiger partial charge >= 0.3 is 12.0 Å². The normalized spacial score (nSPS) is 14.6. The Morgan fingerprint density at radius 2 is 1.81 bits per heavy atom. The molecule has 27 heavy (non-hydrogen) atoms. The van der Waals surface area contributed by atoms with Gasteiger partial charge < -0.3 is 20.6 Å². The van der Waals surface area contributed by atoms with E-state index >= 15 is 0 Å². The van der Waals surface area contributed by atoms with Gasteiger partial charge in [0.2, 0.25) is 0 Å². The molecule has 3 N–H and O–H groups in total. The number of aromatic carboxylic acids is 1. The zero-order valence-electron chi connectivity index (χ0n) is 15.4. The lowest BCUT2D eigenvalue weighted by molar-refractivity contribution is 0.0697. The fourth-order valence-electron chi connectivity index (χ4n) is 3.24. The van der Waals surface area contributed by atoms with Crippen LogP contribution in [0.15, 0.2) is 48.5 Å². The summed E-state index contributed by atoms with van der Waals surface area (Å²) in [5.74, 6) is -0.961. The fraction of sp³-hybridized carbons (Fsp3) is 0.333. The Kier molecular flexibility index (Phi) is 5.96. The number of rotatable bonds is 6. The topological polar surface area (TPSA) is 81.7 Å². The van der Waals surface area contributed by atoms with Crippen molar-refractivity contribution in [2.75, 3.05) is 18.0 Å². The minimum absolute atomic E-state index is 0.109. The molecule has 0 bridgehead atoms. The van der Waals surface area contributed by atoms with Crippen molar-refractivity contribution in [1.29, 1.82) is 0 Å². The van der Waals surface area contributed by atoms with E-state index in [1.165, 1.54) is 30.7 Å². The van der Waals surface area contributed by atoms with Crippen molar-refractivity contribution < 1.29 is 14.7 Å². The SMILES string of the molecule is CC(NC(=O)NCc1ccc(C(=O)O)cc1)c1cccc(N2CCCC2)c1. The third-order valence-electron chi connectivity index (χ3n) is 4.84. The first-order valence-corrected chi connectivity index (χ1v) is 9.24. The number of carboxylic acids is 1. The molecule has 6 heteroatoms. The number of carbonyl (C=O) groups is 2. The molecule has 2 aromatic rings. The Labute approximate surface area is 159 Å². The molecule has 1 aliphatic rings. The molecule has 0 aliphatic carbocycles. The molecule has 0 saturated carbocycles. The molecule has 0 spiro atoms. The van der Waals surface area contributed by atoms with Crippen LogP contribution in [0.25, 0.3) is 0 Å². The zero-order chi connectivity index (χ0) is 19.2. The van der Waals surface area contributed by atoms with E-state index in [-0.39, 0.29) is 17.6 Å². The van der Waals surface area contributed by atoms with Crippen molar-refractivity contribution in [3.05, 3.63) is 65.2 Å². The molecule has 2 amide bonds. The lowest BCUT2D eigenvalue weighted by Gasteiger charge is -2.21. The summed E-state index contributed by atoms with van der Waals surface area (Å²) < 4.78 is 0. The summed E-state index contributed by atoms with van der Waals surface area (Å²) in [6.07, 6.45) is 2.46. The Bertz CT molecular complexity index is 799. The van der Waals surface area contributed by atoms with E-state index in [0.29, 0.717) is 6.54 Å². The van der Waals surface area contributed by atoms with Crippen LogP contribution in [-0.4, -0.2) is 30.2 Å². The van der Waals surface area contributed by atoms with Crippen molar-refractivity contribution in [2.45, 2.75) is 32.4 Å². The van der Waals surface area contributed by atoms with Gasteiger partial charge in [0.05, 0.1) is 11.6 Å². The second-order valence-electron chi connectivity index (χ2n) is 6.84. The maximum Gasteiger partial charge on any atom is 0.335 e. The van der Waals surface area contributed by atoms with E-state index in [0.717, 1.165) is 24.2 Å². The number of nitrogens with one attached hydrogen (secondary N) is 2. The van der Waals surface area contributed by atoms with Gasteiger partial charge in [0.25, 0.3) is 0 Å². The van der Waals surface area contributed by atoms with Crippen molar-refractivity contribution in [3.63, 3.8) is 0 Å². The summed E-state index contributed by atoms with van der Waals surface area (Å²) in [6.45, 7) is 4.48. The largest absolute Gasteiger partial charge is 0.478 e. The van der Waals surface area contributed by atoms with Gasteiger partial charge in [-0.2, -0.15) is 0 Å². The van der Waals surface area contributed by atoms with E-state index in [4.69, 9.17) is 5.11 Å². The molecule has 142 valence electrons. The Balaban J connectivity index is 1.52. The predicted octanol–water partition coefficient (Wildman–Crippen LogP) is 3.55. The molecule has 3 rings (SSSR count). The number of urea groups is 1. The van der Waals surface area contributed by atoms with Crippen LogP contribution in [0, 0.1) is 0 Å². The van der Waals surface area contributed by atoms with Gasteiger partial charge in [-0.25, -0.2) is 9.59 Å². The molecule has 6 nitrogen and oxygen atoms in total. The Morgan fingerprint density at radius 3 is 2.48 bits per heavy atom. The number of nitrogens with zero attached hydrogens (tertiary/aromatic N) is 1. The van der Waals surface area contributed by atoms with E-state index in [1.807, 2.05) is 19.1 Å². The highest BCUT2D eigenvalue weighted by molar-refractivity contribution is 5.87. The summed E-state index contributed by atoms with van der Waals surface area (Å²) in [7, 11) is 0. The van der Waals surface area contributed by atoms with Crippen LogP contribution in [0.4, 0.5) is 10.5 Å². The average Bonchev–Trinajstić information content (AvgIpc) is 3.21. The van der Waals surface area contributed by atoms with Gasteiger partial charge in [-0.1, -0.05) is 24.3 Å². The summed E-state index contributed by atoms with van der Waals surface area (Å²) in [6, 6.07) is 14.4. The molecule has 2 aromatic carbocycles. The van der Waals surface area contributed by atoms with E-state index in [9.17, 15) is 9.59 Å².